The highest BCUT2D eigenvalue weighted by atomic mass is 35.5. The Morgan fingerprint density at radius 3 is 2.40 bits per heavy atom. The topological polar surface area (TPSA) is 84.1 Å². The van der Waals surface area contributed by atoms with Gasteiger partial charge < -0.3 is 15.5 Å². The number of hydrogen-bond acceptors (Lipinski definition) is 7. The van der Waals surface area contributed by atoms with E-state index in [4.69, 9.17) is 17.3 Å². The number of hydrogen-bond donors (Lipinski definition) is 1. The maximum Gasteiger partial charge on any atom is 0.231 e. The highest BCUT2D eigenvalue weighted by molar-refractivity contribution is 6.28. The van der Waals surface area contributed by atoms with Crippen molar-refractivity contribution in [2.24, 2.45) is 0 Å². The van der Waals surface area contributed by atoms with E-state index in [1.165, 1.54) is 0 Å². The van der Waals surface area contributed by atoms with Crippen LogP contribution in [0.4, 0.5) is 17.7 Å². The molecule has 2 N–H and O–H groups in total. The third-order valence-electron chi connectivity index (χ3n) is 3.15. The van der Waals surface area contributed by atoms with Crippen LogP contribution in [-0.4, -0.2) is 46.1 Å². The van der Waals surface area contributed by atoms with Crippen molar-refractivity contribution in [3.8, 4) is 0 Å². The average Bonchev–Trinajstić information content (AvgIpc) is 2.47. The van der Waals surface area contributed by atoms with Gasteiger partial charge in [-0.3, -0.25) is 0 Å². The van der Waals surface area contributed by atoms with Gasteiger partial charge in [0.25, 0.3) is 0 Å². The highest BCUT2D eigenvalue weighted by Gasteiger charge is 2.20. The zero-order valence-corrected chi connectivity index (χ0v) is 11.5. The summed E-state index contributed by atoms with van der Waals surface area (Å²) < 4.78 is 0. The fourth-order valence-corrected chi connectivity index (χ4v) is 2.33. The standard InChI is InChI=1S/C12H14ClN7/c13-10-16-11(14)18-12(17-10)20-7-5-19(6-8-20)9-3-1-2-4-15-9/h1-4H,5-8H2,(H2,14,16,17,18). The fourth-order valence-electron chi connectivity index (χ4n) is 2.17. The molecule has 0 unspecified atom stereocenters. The van der Waals surface area contributed by atoms with Crippen molar-refractivity contribution in [3.05, 3.63) is 29.7 Å². The number of nitrogens with zero attached hydrogens (tertiary/aromatic N) is 6. The normalized spacial score (nSPS) is 15.4. The molecule has 0 bridgehead atoms. The Kier molecular flexibility index (Phi) is 3.51. The lowest BCUT2D eigenvalue weighted by molar-refractivity contribution is 0.634. The second-order valence-corrected chi connectivity index (χ2v) is 4.76. The van der Waals surface area contributed by atoms with Gasteiger partial charge in [-0.1, -0.05) is 6.07 Å². The summed E-state index contributed by atoms with van der Waals surface area (Å²) >= 11 is 5.80. The molecule has 3 rings (SSSR count). The lowest BCUT2D eigenvalue weighted by Gasteiger charge is -2.35. The Hall–Kier alpha value is -2.15. The monoisotopic (exact) mass is 291 g/mol. The summed E-state index contributed by atoms with van der Waals surface area (Å²) in [6, 6.07) is 5.91. The molecule has 0 atom stereocenters. The number of anilines is 3. The molecule has 0 saturated carbocycles. The van der Waals surface area contributed by atoms with Crippen LogP contribution < -0.4 is 15.5 Å². The molecule has 2 aromatic heterocycles. The first-order valence-corrected chi connectivity index (χ1v) is 6.68. The lowest BCUT2D eigenvalue weighted by atomic mass is 10.3. The highest BCUT2D eigenvalue weighted by Crippen LogP contribution is 2.17. The molecule has 104 valence electrons. The van der Waals surface area contributed by atoms with Crippen LogP contribution in [0, 0.1) is 0 Å². The van der Waals surface area contributed by atoms with Crippen molar-refractivity contribution >= 4 is 29.3 Å². The summed E-state index contributed by atoms with van der Waals surface area (Å²) in [7, 11) is 0. The van der Waals surface area contributed by atoms with Gasteiger partial charge in [0.05, 0.1) is 0 Å². The first-order valence-electron chi connectivity index (χ1n) is 6.30. The van der Waals surface area contributed by atoms with Gasteiger partial charge in [-0.05, 0) is 23.7 Å². The molecule has 0 aromatic carbocycles. The second-order valence-electron chi connectivity index (χ2n) is 4.42. The zero-order valence-electron chi connectivity index (χ0n) is 10.8. The van der Waals surface area contributed by atoms with Gasteiger partial charge in [0.15, 0.2) is 0 Å². The smallest absolute Gasteiger partial charge is 0.231 e. The zero-order chi connectivity index (χ0) is 13.9. The Morgan fingerprint density at radius 2 is 1.75 bits per heavy atom. The first-order chi connectivity index (χ1) is 9.72. The van der Waals surface area contributed by atoms with E-state index in [2.05, 4.69) is 24.8 Å². The van der Waals surface area contributed by atoms with Crippen molar-refractivity contribution in [1.29, 1.82) is 0 Å². The van der Waals surface area contributed by atoms with E-state index in [1.54, 1.807) is 6.20 Å². The summed E-state index contributed by atoms with van der Waals surface area (Å²) in [5.41, 5.74) is 5.59. The Morgan fingerprint density at radius 1 is 1.00 bits per heavy atom. The van der Waals surface area contributed by atoms with Crippen molar-refractivity contribution in [3.63, 3.8) is 0 Å². The lowest BCUT2D eigenvalue weighted by Crippen LogP contribution is -2.47. The van der Waals surface area contributed by atoms with Crippen molar-refractivity contribution in [2.45, 2.75) is 0 Å². The summed E-state index contributed by atoms with van der Waals surface area (Å²) in [4.78, 5) is 20.6. The Bertz CT molecular complexity index is 563. The van der Waals surface area contributed by atoms with E-state index in [9.17, 15) is 0 Å². The van der Waals surface area contributed by atoms with Crippen molar-refractivity contribution in [1.82, 2.24) is 19.9 Å². The first kappa shape index (κ1) is 12.9. The fraction of sp³-hybridized carbons (Fsp3) is 0.333. The van der Waals surface area contributed by atoms with Gasteiger partial charge in [0.1, 0.15) is 5.82 Å². The van der Waals surface area contributed by atoms with Gasteiger partial charge in [-0.15, -0.1) is 0 Å². The number of aromatic nitrogens is 4. The molecule has 1 aliphatic heterocycles. The van der Waals surface area contributed by atoms with Gasteiger partial charge in [-0.25, -0.2) is 4.98 Å². The molecule has 3 heterocycles. The van der Waals surface area contributed by atoms with E-state index < -0.39 is 0 Å². The predicted octanol–water partition coefficient (Wildman–Crippen LogP) is 0.829. The van der Waals surface area contributed by atoms with E-state index in [0.29, 0.717) is 5.95 Å². The molecule has 0 amide bonds. The SMILES string of the molecule is Nc1nc(Cl)nc(N2CCN(c3ccccn3)CC2)n1. The molecule has 7 nitrogen and oxygen atoms in total. The van der Waals surface area contributed by atoms with Crippen LogP contribution >= 0.6 is 11.6 Å². The quantitative estimate of drug-likeness (QED) is 0.877. The molecule has 1 fully saturated rings. The van der Waals surface area contributed by atoms with Crippen LogP contribution in [0.25, 0.3) is 0 Å². The molecule has 0 radical (unpaired) electrons. The summed E-state index contributed by atoms with van der Waals surface area (Å²) in [5, 5.41) is 0.125. The van der Waals surface area contributed by atoms with Gasteiger partial charge in [-0.2, -0.15) is 15.0 Å². The number of pyridine rings is 1. The largest absolute Gasteiger partial charge is 0.368 e. The summed E-state index contributed by atoms with van der Waals surface area (Å²) in [6.07, 6.45) is 1.80. The number of rotatable bonds is 2. The van der Waals surface area contributed by atoms with Crippen molar-refractivity contribution < 1.29 is 0 Å². The van der Waals surface area contributed by atoms with Crippen LogP contribution in [0.5, 0.6) is 0 Å². The summed E-state index contributed by atoms with van der Waals surface area (Å²) in [6.45, 7) is 3.27. The van der Waals surface area contributed by atoms with E-state index in [0.717, 1.165) is 32.0 Å². The maximum absolute atomic E-state index is 5.80. The predicted molar refractivity (Wildman–Crippen MR) is 77.9 cm³/mol. The van der Waals surface area contributed by atoms with E-state index in [1.807, 2.05) is 23.1 Å². The Labute approximate surface area is 121 Å². The van der Waals surface area contributed by atoms with Gasteiger partial charge >= 0.3 is 0 Å². The second kappa shape index (κ2) is 5.46. The molecule has 0 spiro atoms. The summed E-state index contributed by atoms with van der Waals surface area (Å²) in [5.74, 6) is 1.66. The van der Waals surface area contributed by atoms with Gasteiger partial charge in [0, 0.05) is 32.4 Å². The minimum absolute atomic E-state index is 0.125. The third-order valence-corrected chi connectivity index (χ3v) is 3.32. The molecule has 1 saturated heterocycles. The maximum atomic E-state index is 5.80. The molecular formula is C12H14ClN7. The van der Waals surface area contributed by atoms with Crippen LogP contribution in [0.2, 0.25) is 5.28 Å². The average molecular weight is 292 g/mol. The van der Waals surface area contributed by atoms with E-state index in [-0.39, 0.29) is 11.2 Å². The molecular weight excluding hydrogens is 278 g/mol. The van der Waals surface area contributed by atoms with Crippen LogP contribution in [0.15, 0.2) is 24.4 Å². The van der Waals surface area contributed by atoms with E-state index >= 15 is 0 Å². The number of halogens is 1. The molecule has 0 aliphatic carbocycles. The molecule has 20 heavy (non-hydrogen) atoms. The van der Waals surface area contributed by atoms with Crippen LogP contribution in [0.1, 0.15) is 0 Å². The molecule has 1 aliphatic rings. The molecule has 2 aromatic rings. The molecule has 8 heteroatoms. The number of nitrogen functional groups attached to an aromatic ring is 1. The Balaban J connectivity index is 1.69. The third kappa shape index (κ3) is 2.72. The van der Waals surface area contributed by atoms with Gasteiger partial charge in [0.2, 0.25) is 17.2 Å². The number of nitrogens with two attached hydrogens (primary N) is 1. The van der Waals surface area contributed by atoms with Crippen LogP contribution in [0.3, 0.4) is 0 Å². The minimum atomic E-state index is 0.125. The van der Waals surface area contributed by atoms with Crippen molar-refractivity contribution in [2.75, 3.05) is 41.7 Å². The minimum Gasteiger partial charge on any atom is -0.368 e. The number of piperazine rings is 1. The van der Waals surface area contributed by atoms with Crippen LogP contribution in [-0.2, 0) is 0 Å².